The molecule has 0 saturated carbocycles. The number of nitrogens with zero attached hydrogens (tertiary/aromatic N) is 2. The van der Waals surface area contributed by atoms with Crippen LogP contribution in [-0.2, 0) is 4.79 Å². The average molecular weight is 257 g/mol. The SMILES string of the molecule is CCC(=O)[C](=[N+]=[N-])[Ge]([CH2]C)([CH2]C)[CH2]C. The minimum atomic E-state index is -2.32. The predicted octanol–water partition coefficient (Wildman–Crippen LogP) is 2.68. The second-order valence-corrected chi connectivity index (χ2v) is 14.4. The monoisotopic (exact) mass is 258 g/mol. The van der Waals surface area contributed by atoms with Gasteiger partial charge in [-0.15, -0.1) is 0 Å². The van der Waals surface area contributed by atoms with Crippen molar-refractivity contribution in [2.45, 2.75) is 49.9 Å². The molecule has 3 nitrogen and oxygen atoms in total. The molecule has 0 aliphatic heterocycles. The molecule has 0 bridgehead atoms. The Bertz CT molecular complexity index is 245. The van der Waals surface area contributed by atoms with Crippen molar-refractivity contribution in [3.05, 3.63) is 5.53 Å². The molecule has 0 radical (unpaired) electrons. The second kappa shape index (κ2) is 6.15. The molecule has 0 aliphatic carbocycles. The Hall–Kier alpha value is -0.407. The van der Waals surface area contributed by atoms with Crippen LogP contribution in [0.2, 0.25) is 15.8 Å². The van der Waals surface area contributed by atoms with Gasteiger partial charge >= 0.3 is 88.6 Å². The van der Waals surface area contributed by atoms with E-state index >= 15 is 0 Å². The number of carbonyl (C=O) groups excluding carboxylic acids is 1. The zero-order valence-corrected chi connectivity index (χ0v) is 11.7. The standard InChI is InChI=1S/C10H20GeN2O/c1-5-9(14)10(13-12)11(6-2,7-3)8-4/h5-8H2,1-4H3. The first-order valence-corrected chi connectivity index (χ1v) is 10.9. The molecule has 4 heteroatoms. The number of rotatable bonds is 6. The van der Waals surface area contributed by atoms with E-state index in [0.29, 0.717) is 11.0 Å². The first-order valence-electron chi connectivity index (χ1n) is 5.37. The molecule has 0 fully saturated rings. The first kappa shape index (κ1) is 13.6. The van der Waals surface area contributed by atoms with Gasteiger partial charge in [-0.05, 0) is 0 Å². The molecule has 0 N–H and O–H groups in total. The van der Waals surface area contributed by atoms with E-state index < -0.39 is 13.3 Å². The summed E-state index contributed by atoms with van der Waals surface area (Å²) >= 11 is -2.32. The van der Waals surface area contributed by atoms with Gasteiger partial charge < -0.3 is 0 Å². The van der Waals surface area contributed by atoms with Gasteiger partial charge in [0.1, 0.15) is 0 Å². The summed E-state index contributed by atoms with van der Waals surface area (Å²) < 4.78 is 0.542. The molecular weight excluding hydrogens is 237 g/mol. The van der Waals surface area contributed by atoms with Crippen LogP contribution in [0.25, 0.3) is 5.53 Å². The number of hydrogen-bond donors (Lipinski definition) is 0. The summed E-state index contributed by atoms with van der Waals surface area (Å²) in [5.41, 5.74) is 8.97. The zero-order chi connectivity index (χ0) is 11.2. The van der Waals surface area contributed by atoms with Crippen molar-refractivity contribution in [3.8, 4) is 0 Å². The fraction of sp³-hybridized carbons (Fsp3) is 0.800. The van der Waals surface area contributed by atoms with Gasteiger partial charge in [-0.1, -0.05) is 0 Å². The molecule has 0 heterocycles. The number of ketones is 1. The van der Waals surface area contributed by atoms with Gasteiger partial charge in [0.25, 0.3) is 0 Å². The number of carbonyl (C=O) groups is 1. The molecule has 0 aromatic heterocycles. The van der Waals surface area contributed by atoms with E-state index in [1.54, 1.807) is 0 Å². The summed E-state index contributed by atoms with van der Waals surface area (Å²) in [4.78, 5) is 14.9. The van der Waals surface area contributed by atoms with E-state index in [2.05, 4.69) is 25.6 Å². The summed E-state index contributed by atoms with van der Waals surface area (Å²) in [5, 5.41) is 3.08. The van der Waals surface area contributed by atoms with Crippen molar-refractivity contribution < 1.29 is 9.58 Å². The van der Waals surface area contributed by atoms with Gasteiger partial charge in [-0.3, -0.25) is 0 Å². The first-order chi connectivity index (χ1) is 6.61. The van der Waals surface area contributed by atoms with E-state index in [-0.39, 0.29) is 5.78 Å². The minimum absolute atomic E-state index is 0.0399. The van der Waals surface area contributed by atoms with Crippen molar-refractivity contribution in [2.24, 2.45) is 0 Å². The molecule has 0 amide bonds. The van der Waals surface area contributed by atoms with Crippen LogP contribution in [0.5, 0.6) is 0 Å². The summed E-state index contributed by atoms with van der Waals surface area (Å²) in [6, 6.07) is 0. The average Bonchev–Trinajstić information content (AvgIpc) is 2.25. The third-order valence-corrected chi connectivity index (χ3v) is 14.6. The van der Waals surface area contributed by atoms with Gasteiger partial charge in [0.15, 0.2) is 0 Å². The van der Waals surface area contributed by atoms with E-state index in [1.807, 2.05) is 6.92 Å². The topological polar surface area (TPSA) is 53.5 Å². The van der Waals surface area contributed by atoms with Gasteiger partial charge in [0.05, 0.1) is 0 Å². The normalized spacial score (nSPS) is 10.9. The van der Waals surface area contributed by atoms with Crippen LogP contribution < -0.4 is 0 Å². The molecule has 0 aromatic rings. The molecular formula is C10H20GeN2O. The maximum absolute atomic E-state index is 11.6. The van der Waals surface area contributed by atoms with Gasteiger partial charge in [0, 0.05) is 0 Å². The Morgan fingerprint density at radius 2 is 1.57 bits per heavy atom. The molecule has 14 heavy (non-hydrogen) atoms. The summed E-state index contributed by atoms with van der Waals surface area (Å²) in [5.74, 6) is 0.0399. The van der Waals surface area contributed by atoms with Gasteiger partial charge in [-0.25, -0.2) is 0 Å². The molecule has 0 atom stereocenters. The van der Waals surface area contributed by atoms with Crippen LogP contribution >= 0.6 is 0 Å². The predicted molar refractivity (Wildman–Crippen MR) is 61.1 cm³/mol. The van der Waals surface area contributed by atoms with Crippen LogP contribution in [0.15, 0.2) is 0 Å². The third-order valence-electron chi connectivity index (χ3n) is 3.22. The van der Waals surface area contributed by atoms with Crippen molar-refractivity contribution in [1.29, 1.82) is 0 Å². The zero-order valence-electron chi connectivity index (χ0n) is 9.63. The quantitative estimate of drug-likeness (QED) is 0.312. The van der Waals surface area contributed by atoms with Crippen LogP contribution in [0.1, 0.15) is 34.1 Å². The Morgan fingerprint density at radius 3 is 1.79 bits per heavy atom. The molecule has 0 aromatic carbocycles. The van der Waals surface area contributed by atoms with E-state index in [9.17, 15) is 4.79 Å². The van der Waals surface area contributed by atoms with Crippen LogP contribution in [-0.4, -0.2) is 28.4 Å². The van der Waals surface area contributed by atoms with Crippen LogP contribution in [0.3, 0.4) is 0 Å². The maximum atomic E-state index is 11.6. The van der Waals surface area contributed by atoms with Crippen LogP contribution in [0.4, 0.5) is 0 Å². The van der Waals surface area contributed by atoms with E-state index in [0.717, 1.165) is 15.8 Å². The Balaban J connectivity index is 5.16. The summed E-state index contributed by atoms with van der Waals surface area (Å²) in [7, 11) is 0. The van der Waals surface area contributed by atoms with Crippen LogP contribution in [0, 0.1) is 0 Å². The Morgan fingerprint density at radius 1 is 1.14 bits per heavy atom. The Kier molecular flexibility index (Phi) is 5.97. The molecule has 0 unspecified atom stereocenters. The van der Waals surface area contributed by atoms with Crippen molar-refractivity contribution in [2.75, 3.05) is 0 Å². The van der Waals surface area contributed by atoms with E-state index in [4.69, 9.17) is 5.53 Å². The number of Topliss-reactive ketones (excluding diaryl/α,β-unsaturated/α-hetero) is 1. The Labute approximate surface area is 88.9 Å². The molecule has 0 saturated heterocycles. The van der Waals surface area contributed by atoms with E-state index in [1.165, 1.54) is 0 Å². The number of hydrogen-bond acceptors (Lipinski definition) is 1. The van der Waals surface area contributed by atoms with Crippen molar-refractivity contribution in [3.63, 3.8) is 0 Å². The molecule has 0 rings (SSSR count). The fourth-order valence-electron chi connectivity index (χ4n) is 1.88. The second-order valence-electron chi connectivity index (χ2n) is 3.57. The fourth-order valence-corrected chi connectivity index (χ4v) is 9.19. The van der Waals surface area contributed by atoms with Crippen molar-refractivity contribution in [1.82, 2.24) is 0 Å². The van der Waals surface area contributed by atoms with Gasteiger partial charge in [0.2, 0.25) is 0 Å². The van der Waals surface area contributed by atoms with Gasteiger partial charge in [-0.2, -0.15) is 0 Å². The summed E-state index contributed by atoms with van der Waals surface area (Å²) in [6.07, 6.45) is 0.451. The summed E-state index contributed by atoms with van der Waals surface area (Å²) in [6.45, 7) is 8.16. The molecule has 80 valence electrons. The molecule has 0 aliphatic rings. The third kappa shape index (κ3) is 2.55. The van der Waals surface area contributed by atoms with Crippen molar-refractivity contribution >= 4 is 23.6 Å². The molecule has 0 spiro atoms.